The van der Waals surface area contributed by atoms with Crippen molar-refractivity contribution in [3.63, 3.8) is 0 Å². The van der Waals surface area contributed by atoms with Gasteiger partial charge in [0.15, 0.2) is 0 Å². The molecular formula is C14H20N2O3. The van der Waals surface area contributed by atoms with Gasteiger partial charge in [-0.2, -0.15) is 0 Å². The van der Waals surface area contributed by atoms with E-state index in [0.29, 0.717) is 24.3 Å². The number of aliphatic carboxylic acids is 1. The van der Waals surface area contributed by atoms with Gasteiger partial charge in [-0.25, -0.2) is 4.79 Å². The molecule has 0 aromatic heterocycles. The minimum atomic E-state index is -1.34. The highest BCUT2D eigenvalue weighted by atomic mass is 16.5. The second-order valence-electron chi connectivity index (χ2n) is 4.89. The first kappa shape index (κ1) is 13.7. The van der Waals surface area contributed by atoms with Crippen LogP contribution >= 0.6 is 0 Å². The van der Waals surface area contributed by atoms with E-state index in [1.165, 1.54) is 0 Å². The van der Waals surface area contributed by atoms with E-state index in [4.69, 9.17) is 10.5 Å². The van der Waals surface area contributed by atoms with Gasteiger partial charge in [0.1, 0.15) is 11.3 Å². The molecule has 0 saturated heterocycles. The van der Waals surface area contributed by atoms with E-state index in [2.05, 4.69) is 0 Å². The molecule has 0 saturated carbocycles. The Morgan fingerprint density at radius 3 is 2.95 bits per heavy atom. The molecule has 104 valence electrons. The van der Waals surface area contributed by atoms with Crippen molar-refractivity contribution in [2.24, 2.45) is 5.73 Å². The molecule has 1 aromatic carbocycles. The van der Waals surface area contributed by atoms with Gasteiger partial charge >= 0.3 is 5.97 Å². The fraction of sp³-hybridized carbons (Fsp3) is 0.500. The van der Waals surface area contributed by atoms with Crippen LogP contribution in [-0.2, 0) is 10.3 Å². The monoisotopic (exact) mass is 264 g/mol. The zero-order valence-corrected chi connectivity index (χ0v) is 11.3. The van der Waals surface area contributed by atoms with E-state index in [-0.39, 0.29) is 0 Å². The molecule has 1 aliphatic rings. The van der Waals surface area contributed by atoms with Gasteiger partial charge in [-0.15, -0.1) is 0 Å². The van der Waals surface area contributed by atoms with E-state index in [0.717, 1.165) is 18.7 Å². The molecule has 19 heavy (non-hydrogen) atoms. The predicted octanol–water partition coefficient (Wildman–Crippen LogP) is 1.55. The summed E-state index contributed by atoms with van der Waals surface area (Å²) in [6, 6.07) is 5.44. The van der Waals surface area contributed by atoms with Gasteiger partial charge in [0.25, 0.3) is 0 Å². The number of hydrogen-bond donors (Lipinski definition) is 2. The molecule has 1 atom stereocenters. The van der Waals surface area contributed by atoms with Crippen molar-refractivity contribution < 1.29 is 14.6 Å². The molecule has 1 aliphatic heterocycles. The van der Waals surface area contributed by atoms with Gasteiger partial charge in [0.05, 0.1) is 12.3 Å². The van der Waals surface area contributed by atoms with Crippen molar-refractivity contribution in [1.82, 2.24) is 0 Å². The summed E-state index contributed by atoms with van der Waals surface area (Å²) in [6.07, 6.45) is 1.16. The first-order valence-electron chi connectivity index (χ1n) is 6.50. The highest BCUT2D eigenvalue weighted by Crippen LogP contribution is 2.41. The van der Waals surface area contributed by atoms with Crippen LogP contribution in [0.1, 0.15) is 25.3 Å². The van der Waals surface area contributed by atoms with Gasteiger partial charge in [-0.3, -0.25) is 0 Å². The van der Waals surface area contributed by atoms with E-state index in [1.54, 1.807) is 12.1 Å². The standard InChI is InChI=1S/C14H20N2O3/c1-3-19-11-7-4-6-10-12(11)16(2)9-5-8-14(10,15)13(17)18/h4,6-7H,3,5,8-9,15H2,1-2H3,(H,17,18). The fourth-order valence-corrected chi connectivity index (χ4v) is 2.61. The number of ether oxygens (including phenoxy) is 1. The third-order valence-corrected chi connectivity index (χ3v) is 3.61. The van der Waals surface area contributed by atoms with Crippen LogP contribution < -0.4 is 15.4 Å². The number of carbonyl (C=O) groups is 1. The fourth-order valence-electron chi connectivity index (χ4n) is 2.61. The number of nitrogens with two attached hydrogens (primary N) is 1. The summed E-state index contributed by atoms with van der Waals surface area (Å²) in [5, 5.41) is 9.49. The summed E-state index contributed by atoms with van der Waals surface area (Å²) >= 11 is 0. The number of fused-ring (bicyclic) bond motifs is 1. The Labute approximate surface area is 113 Å². The number of benzene rings is 1. The molecule has 0 bridgehead atoms. The molecule has 0 amide bonds. The van der Waals surface area contributed by atoms with Crippen molar-refractivity contribution >= 4 is 11.7 Å². The smallest absolute Gasteiger partial charge is 0.328 e. The summed E-state index contributed by atoms with van der Waals surface area (Å²) in [5.41, 5.74) is 6.25. The number of nitrogens with zero attached hydrogens (tertiary/aromatic N) is 1. The second kappa shape index (κ2) is 5.09. The molecule has 0 radical (unpaired) electrons. The maximum Gasteiger partial charge on any atom is 0.328 e. The summed E-state index contributed by atoms with van der Waals surface area (Å²) in [6.45, 7) is 3.21. The molecule has 5 heteroatoms. The van der Waals surface area contributed by atoms with Crippen LogP contribution in [-0.4, -0.2) is 31.3 Å². The Bertz CT molecular complexity index is 490. The molecule has 2 rings (SSSR count). The van der Waals surface area contributed by atoms with Crippen molar-refractivity contribution in [3.8, 4) is 5.75 Å². The van der Waals surface area contributed by atoms with Gasteiger partial charge in [0, 0.05) is 19.2 Å². The van der Waals surface area contributed by atoms with Crippen molar-refractivity contribution in [2.75, 3.05) is 25.1 Å². The zero-order valence-electron chi connectivity index (χ0n) is 11.3. The van der Waals surface area contributed by atoms with E-state index in [9.17, 15) is 9.90 Å². The van der Waals surface area contributed by atoms with Crippen LogP contribution in [0, 0.1) is 0 Å². The Balaban J connectivity index is 2.63. The van der Waals surface area contributed by atoms with Crippen LogP contribution in [0.2, 0.25) is 0 Å². The summed E-state index contributed by atoms with van der Waals surface area (Å²) in [4.78, 5) is 13.6. The average molecular weight is 264 g/mol. The number of rotatable bonds is 3. The number of carboxylic acid groups (broad SMARTS) is 1. The SMILES string of the molecule is CCOc1cccc2c1N(C)CCCC2(N)C(=O)O. The van der Waals surface area contributed by atoms with Crippen LogP contribution in [0.15, 0.2) is 18.2 Å². The molecule has 1 unspecified atom stereocenters. The number of carboxylic acids is 1. The lowest BCUT2D eigenvalue weighted by molar-refractivity contribution is -0.144. The Morgan fingerprint density at radius 2 is 2.32 bits per heavy atom. The lowest BCUT2D eigenvalue weighted by Crippen LogP contribution is -2.44. The first-order valence-corrected chi connectivity index (χ1v) is 6.50. The first-order chi connectivity index (χ1) is 9.00. The van der Waals surface area contributed by atoms with Crippen LogP contribution in [0.25, 0.3) is 0 Å². The number of para-hydroxylation sites is 1. The minimum absolute atomic E-state index is 0.426. The van der Waals surface area contributed by atoms with Crippen molar-refractivity contribution in [3.05, 3.63) is 23.8 Å². The lowest BCUT2D eigenvalue weighted by atomic mass is 9.86. The highest BCUT2D eigenvalue weighted by Gasteiger charge is 2.40. The Hall–Kier alpha value is -1.75. The quantitative estimate of drug-likeness (QED) is 0.866. The maximum absolute atomic E-state index is 11.6. The van der Waals surface area contributed by atoms with Crippen molar-refractivity contribution in [2.45, 2.75) is 25.3 Å². The average Bonchev–Trinajstić information content (AvgIpc) is 2.50. The van der Waals surface area contributed by atoms with Crippen molar-refractivity contribution in [1.29, 1.82) is 0 Å². The van der Waals surface area contributed by atoms with Crippen LogP contribution in [0.5, 0.6) is 5.75 Å². The lowest BCUT2D eigenvalue weighted by Gasteiger charge is -2.28. The highest BCUT2D eigenvalue weighted by molar-refractivity contribution is 5.85. The normalized spacial score (nSPS) is 22.6. The van der Waals surface area contributed by atoms with Gasteiger partial charge in [0.2, 0.25) is 0 Å². The molecule has 3 N–H and O–H groups in total. The van der Waals surface area contributed by atoms with E-state index < -0.39 is 11.5 Å². The van der Waals surface area contributed by atoms with Crippen LogP contribution in [0.3, 0.4) is 0 Å². The molecule has 1 aromatic rings. The molecule has 0 fully saturated rings. The summed E-state index contributed by atoms with van der Waals surface area (Å²) < 4.78 is 5.61. The predicted molar refractivity (Wildman–Crippen MR) is 73.6 cm³/mol. The molecule has 0 spiro atoms. The Kier molecular flexibility index (Phi) is 3.66. The second-order valence-corrected chi connectivity index (χ2v) is 4.89. The summed E-state index contributed by atoms with van der Waals surface area (Å²) in [5.74, 6) is -0.293. The van der Waals surface area contributed by atoms with Gasteiger partial charge in [-0.1, -0.05) is 12.1 Å². The van der Waals surface area contributed by atoms with E-state index >= 15 is 0 Å². The maximum atomic E-state index is 11.6. The van der Waals surface area contributed by atoms with Gasteiger partial charge < -0.3 is 20.5 Å². The number of hydrogen-bond acceptors (Lipinski definition) is 4. The number of anilines is 1. The molecule has 0 aliphatic carbocycles. The third-order valence-electron chi connectivity index (χ3n) is 3.61. The molecule has 1 heterocycles. The van der Waals surface area contributed by atoms with Gasteiger partial charge in [-0.05, 0) is 25.8 Å². The van der Waals surface area contributed by atoms with E-state index in [1.807, 2.05) is 24.9 Å². The summed E-state index contributed by atoms with van der Waals surface area (Å²) in [7, 11) is 1.94. The third kappa shape index (κ3) is 2.26. The largest absolute Gasteiger partial charge is 0.492 e. The zero-order chi connectivity index (χ0) is 14.0. The molecular weight excluding hydrogens is 244 g/mol. The Morgan fingerprint density at radius 1 is 1.58 bits per heavy atom. The van der Waals surface area contributed by atoms with Crippen LogP contribution in [0.4, 0.5) is 5.69 Å². The minimum Gasteiger partial charge on any atom is -0.492 e. The topological polar surface area (TPSA) is 75.8 Å². The molecule has 5 nitrogen and oxygen atoms in total.